The largest absolute Gasteiger partial charge is 0.493 e. The van der Waals surface area contributed by atoms with Gasteiger partial charge in [0.05, 0.1) is 19.0 Å². The monoisotopic (exact) mass is 381 g/mol. The summed E-state index contributed by atoms with van der Waals surface area (Å²) in [5, 5.41) is 5.86. The van der Waals surface area contributed by atoms with Crippen molar-refractivity contribution in [3.63, 3.8) is 0 Å². The molecule has 3 aromatic rings. The first-order chi connectivity index (χ1) is 13.6. The van der Waals surface area contributed by atoms with Crippen molar-refractivity contribution in [3.05, 3.63) is 78.2 Å². The quantitative estimate of drug-likeness (QED) is 0.620. The Hall–Kier alpha value is -3.61. The summed E-state index contributed by atoms with van der Waals surface area (Å²) in [5.41, 5.74) is 1.50. The molecule has 2 N–H and O–H groups in total. The molecule has 0 aliphatic rings. The summed E-state index contributed by atoms with van der Waals surface area (Å²) in [4.78, 5) is 16.3. The first kappa shape index (κ1) is 19.2. The number of aromatic nitrogens is 1. The Kier molecular flexibility index (Phi) is 6.41. The number of para-hydroxylation sites is 2. The van der Waals surface area contributed by atoms with Gasteiger partial charge in [0.25, 0.3) is 5.91 Å². The van der Waals surface area contributed by atoms with Gasteiger partial charge in [0.15, 0.2) is 18.1 Å². The lowest BCUT2D eigenvalue weighted by molar-refractivity contribution is -0.118. The zero-order valence-corrected chi connectivity index (χ0v) is 15.3. The van der Waals surface area contributed by atoms with E-state index in [-0.39, 0.29) is 18.3 Å². The highest BCUT2D eigenvalue weighted by Gasteiger charge is 2.07. The van der Waals surface area contributed by atoms with Gasteiger partial charge in [-0.2, -0.15) is 0 Å². The molecule has 1 heterocycles. The van der Waals surface area contributed by atoms with Crippen molar-refractivity contribution in [2.24, 2.45) is 0 Å². The number of pyridine rings is 1. The number of carbonyl (C=O) groups is 1. The van der Waals surface area contributed by atoms with Gasteiger partial charge in [0, 0.05) is 6.54 Å². The molecule has 2 aromatic carbocycles. The minimum Gasteiger partial charge on any atom is -0.493 e. The summed E-state index contributed by atoms with van der Waals surface area (Å²) in [6.45, 7) is 0.372. The van der Waals surface area contributed by atoms with Crippen molar-refractivity contribution < 1.29 is 18.7 Å². The Morgan fingerprint density at radius 3 is 2.46 bits per heavy atom. The fourth-order valence-electron chi connectivity index (χ4n) is 2.45. The molecule has 0 saturated heterocycles. The highest BCUT2D eigenvalue weighted by atomic mass is 19.1. The predicted molar refractivity (Wildman–Crippen MR) is 105 cm³/mol. The fraction of sp³-hybridized carbons (Fsp3) is 0.143. The second-order valence-corrected chi connectivity index (χ2v) is 5.90. The van der Waals surface area contributed by atoms with E-state index in [0.29, 0.717) is 29.5 Å². The number of anilines is 2. The molecule has 1 amide bonds. The van der Waals surface area contributed by atoms with Crippen LogP contribution in [0.4, 0.5) is 15.9 Å². The summed E-state index contributed by atoms with van der Waals surface area (Å²) < 4.78 is 23.6. The van der Waals surface area contributed by atoms with Crippen LogP contribution in [-0.4, -0.2) is 24.6 Å². The van der Waals surface area contributed by atoms with Gasteiger partial charge in [0.2, 0.25) is 0 Å². The molecule has 0 unspecified atom stereocenters. The molecule has 28 heavy (non-hydrogen) atoms. The SMILES string of the molecule is COc1ccccc1OCC(=O)Nc1ccc(NCc2ccc(F)cc2)nc1. The summed E-state index contributed by atoms with van der Waals surface area (Å²) in [6.07, 6.45) is 1.55. The van der Waals surface area contributed by atoms with Crippen LogP contribution in [-0.2, 0) is 11.3 Å². The van der Waals surface area contributed by atoms with Gasteiger partial charge in [-0.15, -0.1) is 0 Å². The number of benzene rings is 2. The fourth-order valence-corrected chi connectivity index (χ4v) is 2.45. The Labute approximate surface area is 162 Å². The number of nitrogens with zero attached hydrogens (tertiary/aromatic N) is 1. The Morgan fingerprint density at radius 2 is 1.79 bits per heavy atom. The molecule has 0 spiro atoms. The van der Waals surface area contributed by atoms with Crippen molar-refractivity contribution in [3.8, 4) is 11.5 Å². The van der Waals surface area contributed by atoms with Gasteiger partial charge >= 0.3 is 0 Å². The molecule has 0 saturated carbocycles. The van der Waals surface area contributed by atoms with Crippen LogP contribution in [0.25, 0.3) is 0 Å². The molecular weight excluding hydrogens is 361 g/mol. The maximum atomic E-state index is 12.9. The highest BCUT2D eigenvalue weighted by molar-refractivity contribution is 5.91. The lowest BCUT2D eigenvalue weighted by atomic mass is 10.2. The molecule has 0 bridgehead atoms. The van der Waals surface area contributed by atoms with Crippen LogP contribution < -0.4 is 20.1 Å². The van der Waals surface area contributed by atoms with Gasteiger partial charge in [0.1, 0.15) is 11.6 Å². The Bertz CT molecular complexity index is 915. The number of nitrogens with one attached hydrogen (secondary N) is 2. The number of rotatable bonds is 8. The first-order valence-corrected chi connectivity index (χ1v) is 8.64. The van der Waals surface area contributed by atoms with Gasteiger partial charge in [-0.1, -0.05) is 24.3 Å². The van der Waals surface area contributed by atoms with Gasteiger partial charge in [-0.25, -0.2) is 9.37 Å². The van der Waals surface area contributed by atoms with E-state index in [9.17, 15) is 9.18 Å². The van der Waals surface area contributed by atoms with E-state index < -0.39 is 0 Å². The summed E-state index contributed by atoms with van der Waals surface area (Å²) >= 11 is 0. The molecule has 0 aliphatic heterocycles. The zero-order valence-electron chi connectivity index (χ0n) is 15.3. The average molecular weight is 381 g/mol. The highest BCUT2D eigenvalue weighted by Crippen LogP contribution is 2.25. The lowest BCUT2D eigenvalue weighted by Gasteiger charge is -2.11. The van der Waals surface area contributed by atoms with Crippen LogP contribution in [0.5, 0.6) is 11.5 Å². The number of hydrogen-bond donors (Lipinski definition) is 2. The van der Waals surface area contributed by atoms with E-state index in [0.717, 1.165) is 5.56 Å². The van der Waals surface area contributed by atoms with Crippen LogP contribution in [0.3, 0.4) is 0 Å². The smallest absolute Gasteiger partial charge is 0.262 e. The third kappa shape index (κ3) is 5.44. The molecule has 144 valence electrons. The van der Waals surface area contributed by atoms with E-state index in [4.69, 9.17) is 9.47 Å². The standard InChI is InChI=1S/C21H20FN3O3/c1-27-18-4-2-3-5-19(18)28-14-21(26)25-17-10-11-20(24-13-17)23-12-15-6-8-16(22)9-7-15/h2-11,13H,12,14H2,1H3,(H,23,24)(H,25,26). The van der Waals surface area contributed by atoms with Crippen LogP contribution >= 0.6 is 0 Å². The van der Waals surface area contributed by atoms with Crippen LogP contribution in [0.15, 0.2) is 66.9 Å². The minimum absolute atomic E-state index is 0.148. The van der Waals surface area contributed by atoms with Crippen LogP contribution in [0.1, 0.15) is 5.56 Å². The number of methoxy groups -OCH3 is 1. The number of hydrogen-bond acceptors (Lipinski definition) is 5. The normalized spacial score (nSPS) is 10.2. The molecule has 6 nitrogen and oxygen atoms in total. The lowest BCUT2D eigenvalue weighted by Crippen LogP contribution is -2.20. The molecular formula is C21H20FN3O3. The van der Waals surface area contributed by atoms with Crippen molar-refractivity contribution >= 4 is 17.4 Å². The second-order valence-electron chi connectivity index (χ2n) is 5.90. The summed E-state index contributed by atoms with van der Waals surface area (Å²) in [5.74, 6) is 1.14. The molecule has 0 atom stereocenters. The second kappa shape index (κ2) is 9.36. The summed E-state index contributed by atoms with van der Waals surface area (Å²) in [7, 11) is 1.54. The van der Waals surface area contributed by atoms with Gasteiger partial charge < -0.3 is 20.1 Å². The summed E-state index contributed by atoms with van der Waals surface area (Å²) in [6, 6.07) is 16.8. The molecule has 0 aliphatic carbocycles. The van der Waals surface area contributed by atoms with E-state index in [1.165, 1.54) is 12.1 Å². The van der Waals surface area contributed by atoms with E-state index in [1.807, 2.05) is 6.07 Å². The number of carbonyl (C=O) groups excluding carboxylic acids is 1. The Morgan fingerprint density at radius 1 is 1.04 bits per heavy atom. The molecule has 0 radical (unpaired) electrons. The molecule has 7 heteroatoms. The van der Waals surface area contributed by atoms with Gasteiger partial charge in [-0.3, -0.25) is 4.79 Å². The van der Waals surface area contributed by atoms with Gasteiger partial charge in [-0.05, 0) is 42.0 Å². The number of amides is 1. The first-order valence-electron chi connectivity index (χ1n) is 8.64. The van der Waals surface area contributed by atoms with Crippen LogP contribution in [0, 0.1) is 5.82 Å². The van der Waals surface area contributed by atoms with Crippen LogP contribution in [0.2, 0.25) is 0 Å². The Balaban J connectivity index is 1.48. The van der Waals surface area contributed by atoms with Crippen molar-refractivity contribution in [2.45, 2.75) is 6.54 Å². The number of ether oxygens (including phenoxy) is 2. The van der Waals surface area contributed by atoms with E-state index in [1.54, 1.807) is 55.8 Å². The maximum absolute atomic E-state index is 12.9. The maximum Gasteiger partial charge on any atom is 0.262 e. The number of halogens is 1. The third-order valence-electron chi connectivity index (χ3n) is 3.86. The van der Waals surface area contributed by atoms with E-state index >= 15 is 0 Å². The predicted octanol–water partition coefficient (Wildman–Crippen LogP) is 3.86. The molecule has 3 rings (SSSR count). The third-order valence-corrected chi connectivity index (χ3v) is 3.86. The van der Waals surface area contributed by atoms with Crippen molar-refractivity contribution in [1.29, 1.82) is 0 Å². The van der Waals surface area contributed by atoms with Crippen molar-refractivity contribution in [1.82, 2.24) is 4.98 Å². The minimum atomic E-state index is -0.306. The topological polar surface area (TPSA) is 72.5 Å². The average Bonchev–Trinajstić information content (AvgIpc) is 2.73. The molecule has 0 fully saturated rings. The zero-order chi connectivity index (χ0) is 19.8. The molecule has 1 aromatic heterocycles. The van der Waals surface area contributed by atoms with Crippen molar-refractivity contribution in [2.75, 3.05) is 24.4 Å². The van der Waals surface area contributed by atoms with E-state index in [2.05, 4.69) is 15.6 Å².